The van der Waals surface area contributed by atoms with Crippen LogP contribution in [0, 0.1) is 5.92 Å². The highest BCUT2D eigenvalue weighted by Crippen LogP contribution is 2.24. The molecule has 0 aromatic carbocycles. The molecule has 1 amide bonds. The van der Waals surface area contributed by atoms with Crippen molar-refractivity contribution in [1.29, 1.82) is 0 Å². The Bertz CT molecular complexity index is 420. The largest absolute Gasteiger partial charge is 0.348 e. The molecule has 0 aromatic heterocycles. The van der Waals surface area contributed by atoms with E-state index in [9.17, 15) is 13.2 Å². The Hall–Kier alpha value is -0.370. The summed E-state index contributed by atoms with van der Waals surface area (Å²) in [6.45, 7) is 3.50. The van der Waals surface area contributed by atoms with Gasteiger partial charge >= 0.3 is 0 Å². The number of carbonyl (C=O) groups is 1. The molecule has 1 aliphatic rings. The number of piperidine rings is 1. The molecule has 0 spiro atoms. The van der Waals surface area contributed by atoms with Crippen molar-refractivity contribution in [1.82, 2.24) is 14.5 Å². The summed E-state index contributed by atoms with van der Waals surface area (Å²) in [5.41, 5.74) is 0. The monoisotopic (exact) mass is 341 g/mol. The lowest BCUT2D eigenvalue weighted by Gasteiger charge is -2.33. The summed E-state index contributed by atoms with van der Waals surface area (Å²) in [5.74, 6) is 0.219. The summed E-state index contributed by atoms with van der Waals surface area (Å²) in [4.78, 5) is 13.2. The van der Waals surface area contributed by atoms with E-state index in [-0.39, 0.29) is 18.3 Å². The first-order chi connectivity index (χ1) is 9.30. The van der Waals surface area contributed by atoms with Gasteiger partial charge in [0.1, 0.15) is 0 Å². The molecule has 6 nitrogen and oxygen atoms in total. The molecule has 0 aromatic rings. The molecular formula is C13H28ClN3O3S. The molecule has 1 aliphatic heterocycles. The predicted molar refractivity (Wildman–Crippen MR) is 87.2 cm³/mol. The van der Waals surface area contributed by atoms with E-state index in [0.29, 0.717) is 19.0 Å². The Labute approximate surface area is 134 Å². The topological polar surface area (TPSA) is 69.7 Å². The average Bonchev–Trinajstić information content (AvgIpc) is 2.43. The summed E-state index contributed by atoms with van der Waals surface area (Å²) in [6.07, 6.45) is 2.84. The molecule has 1 atom stereocenters. The van der Waals surface area contributed by atoms with E-state index in [1.165, 1.54) is 16.1 Å². The summed E-state index contributed by atoms with van der Waals surface area (Å²) < 4.78 is 26.3. The molecule has 0 aliphatic carbocycles. The van der Waals surface area contributed by atoms with Crippen LogP contribution in [0.4, 0.5) is 0 Å². The summed E-state index contributed by atoms with van der Waals surface area (Å²) in [5, 5.41) is 2.13. The fourth-order valence-electron chi connectivity index (χ4n) is 2.52. The average molecular weight is 342 g/mol. The molecule has 1 fully saturated rings. The van der Waals surface area contributed by atoms with Crippen LogP contribution in [0.5, 0.6) is 0 Å². The van der Waals surface area contributed by atoms with Gasteiger partial charge in [-0.2, -0.15) is 0 Å². The molecule has 0 bridgehead atoms. The molecule has 1 N–H and O–H groups in total. The Kier molecular flexibility index (Phi) is 8.77. The lowest BCUT2D eigenvalue weighted by atomic mass is 9.95. The number of hydrogen-bond donors (Lipinski definition) is 1. The number of amides is 1. The molecule has 21 heavy (non-hydrogen) atoms. The number of nitrogens with zero attached hydrogens (tertiary/aromatic N) is 2. The second-order valence-electron chi connectivity index (χ2n) is 5.65. The molecule has 8 heteroatoms. The van der Waals surface area contributed by atoms with Crippen LogP contribution in [-0.2, 0) is 14.8 Å². The van der Waals surface area contributed by atoms with Gasteiger partial charge in [0.05, 0.1) is 0 Å². The van der Waals surface area contributed by atoms with E-state index in [0.717, 1.165) is 25.8 Å². The van der Waals surface area contributed by atoms with Gasteiger partial charge < -0.3 is 10.2 Å². The third-order valence-electron chi connectivity index (χ3n) is 3.97. The number of rotatable bonds is 6. The van der Waals surface area contributed by atoms with Crippen LogP contribution in [0.15, 0.2) is 0 Å². The molecule has 0 radical (unpaired) electrons. The van der Waals surface area contributed by atoms with Gasteiger partial charge in [-0.1, -0.05) is 0 Å². The van der Waals surface area contributed by atoms with Gasteiger partial charge in [-0.25, -0.2) is 12.7 Å². The minimum absolute atomic E-state index is 0. The maximum absolute atomic E-state index is 12.4. The van der Waals surface area contributed by atoms with Gasteiger partial charge in [-0.15, -0.1) is 12.4 Å². The zero-order valence-corrected chi connectivity index (χ0v) is 15.0. The molecule has 1 unspecified atom stereocenters. The fourth-order valence-corrected chi connectivity index (χ4v) is 4.15. The Balaban J connectivity index is 0.00000400. The maximum atomic E-state index is 12.4. The van der Waals surface area contributed by atoms with E-state index in [1.54, 1.807) is 14.1 Å². The van der Waals surface area contributed by atoms with Crippen molar-refractivity contribution in [3.63, 3.8) is 0 Å². The Morgan fingerprint density at radius 2 is 1.86 bits per heavy atom. The van der Waals surface area contributed by atoms with E-state index < -0.39 is 15.3 Å². The Morgan fingerprint density at radius 1 is 1.33 bits per heavy atom. The maximum Gasteiger partial charge on any atom is 0.241 e. The van der Waals surface area contributed by atoms with Gasteiger partial charge in [0, 0.05) is 27.2 Å². The highest BCUT2D eigenvalue weighted by Gasteiger charge is 2.36. The number of nitrogens with one attached hydrogen (secondary N) is 1. The van der Waals surface area contributed by atoms with Crippen molar-refractivity contribution in [2.24, 2.45) is 5.92 Å². The third kappa shape index (κ3) is 5.39. The number of carbonyl (C=O) groups excluding carboxylic acids is 1. The predicted octanol–water partition coefficient (Wildman–Crippen LogP) is 0.536. The van der Waals surface area contributed by atoms with Gasteiger partial charge in [0.15, 0.2) is 5.25 Å². The first-order valence-electron chi connectivity index (χ1n) is 7.15. The normalized spacial score (nSPS) is 18.9. The first kappa shape index (κ1) is 20.6. The van der Waals surface area contributed by atoms with E-state index in [2.05, 4.69) is 5.32 Å². The van der Waals surface area contributed by atoms with Crippen LogP contribution in [0.2, 0.25) is 0 Å². The summed E-state index contributed by atoms with van der Waals surface area (Å²) in [6, 6.07) is 0. The third-order valence-corrected chi connectivity index (χ3v) is 6.15. The van der Waals surface area contributed by atoms with E-state index >= 15 is 0 Å². The van der Waals surface area contributed by atoms with Crippen molar-refractivity contribution in [2.45, 2.75) is 31.4 Å². The standard InChI is InChI=1S/C13H27N3O3S.ClH/c1-11(13(17)15(3)4)20(18,19)16-9-6-12(7-10-16)5-8-14-2;/h11-12,14H,5-10H2,1-4H3;1H. The molecule has 126 valence electrons. The lowest BCUT2D eigenvalue weighted by molar-refractivity contribution is -0.128. The number of halogens is 1. The molecule has 1 rings (SSSR count). The van der Waals surface area contributed by atoms with Gasteiger partial charge in [-0.3, -0.25) is 4.79 Å². The van der Waals surface area contributed by atoms with E-state index in [4.69, 9.17) is 0 Å². The minimum atomic E-state index is -3.52. The van der Waals surface area contributed by atoms with Crippen LogP contribution in [0.25, 0.3) is 0 Å². The fraction of sp³-hybridized carbons (Fsp3) is 0.923. The number of hydrogen-bond acceptors (Lipinski definition) is 4. The van der Waals surface area contributed by atoms with Crippen LogP contribution in [0.3, 0.4) is 0 Å². The molecule has 1 saturated heterocycles. The van der Waals surface area contributed by atoms with Crippen molar-refractivity contribution >= 4 is 28.3 Å². The second-order valence-corrected chi connectivity index (χ2v) is 7.91. The quantitative estimate of drug-likeness (QED) is 0.765. The highest BCUT2D eigenvalue weighted by atomic mass is 35.5. The first-order valence-corrected chi connectivity index (χ1v) is 8.65. The van der Waals surface area contributed by atoms with Gasteiger partial charge in [-0.05, 0) is 45.7 Å². The minimum Gasteiger partial charge on any atom is -0.348 e. The van der Waals surface area contributed by atoms with Gasteiger partial charge in [0.25, 0.3) is 0 Å². The van der Waals surface area contributed by atoms with Crippen LogP contribution < -0.4 is 5.32 Å². The van der Waals surface area contributed by atoms with Crippen molar-refractivity contribution < 1.29 is 13.2 Å². The smallest absolute Gasteiger partial charge is 0.241 e. The Morgan fingerprint density at radius 3 is 2.29 bits per heavy atom. The van der Waals surface area contributed by atoms with Crippen molar-refractivity contribution in [3.05, 3.63) is 0 Å². The SMILES string of the molecule is CNCCC1CCN(S(=O)(=O)C(C)C(=O)N(C)C)CC1.Cl. The molecular weight excluding hydrogens is 314 g/mol. The van der Waals surface area contributed by atoms with Crippen LogP contribution >= 0.6 is 12.4 Å². The summed E-state index contributed by atoms with van der Waals surface area (Å²) in [7, 11) is 1.56. The lowest BCUT2D eigenvalue weighted by Crippen LogP contribution is -2.47. The second kappa shape index (κ2) is 8.92. The van der Waals surface area contributed by atoms with Crippen LogP contribution in [-0.4, -0.2) is 69.6 Å². The zero-order chi connectivity index (χ0) is 15.3. The zero-order valence-electron chi connectivity index (χ0n) is 13.3. The van der Waals surface area contributed by atoms with Crippen molar-refractivity contribution in [2.75, 3.05) is 40.8 Å². The van der Waals surface area contributed by atoms with Crippen molar-refractivity contribution in [3.8, 4) is 0 Å². The van der Waals surface area contributed by atoms with Crippen LogP contribution in [0.1, 0.15) is 26.2 Å². The van der Waals surface area contributed by atoms with E-state index in [1.807, 2.05) is 7.05 Å². The highest BCUT2D eigenvalue weighted by molar-refractivity contribution is 7.90. The number of sulfonamides is 1. The van der Waals surface area contributed by atoms with Gasteiger partial charge in [0.2, 0.25) is 15.9 Å². The molecule has 1 heterocycles. The molecule has 0 saturated carbocycles. The summed E-state index contributed by atoms with van der Waals surface area (Å²) >= 11 is 0.